The number of primary sulfonamides is 1. The smallest absolute Gasteiger partial charge is 0.238 e. The topological polar surface area (TPSA) is 96.3 Å². The Bertz CT molecular complexity index is 808. The Kier molecular flexibility index (Phi) is 2.84. The van der Waals surface area contributed by atoms with Gasteiger partial charge in [0.1, 0.15) is 0 Å². The molecule has 0 saturated carbocycles. The minimum Gasteiger partial charge on any atom is -0.358 e. The molecule has 106 valence electrons. The van der Waals surface area contributed by atoms with Gasteiger partial charge in [-0.3, -0.25) is 4.79 Å². The van der Waals surface area contributed by atoms with Crippen LogP contribution in [-0.4, -0.2) is 30.8 Å². The molecule has 3 N–H and O–H groups in total. The van der Waals surface area contributed by atoms with Gasteiger partial charge in [-0.1, -0.05) is 0 Å². The highest BCUT2D eigenvalue weighted by atomic mass is 32.2. The molecule has 1 aliphatic heterocycles. The quantitative estimate of drug-likeness (QED) is 0.810. The lowest BCUT2D eigenvalue weighted by molar-refractivity contribution is -0.129. The molecule has 2 heterocycles. The van der Waals surface area contributed by atoms with Crippen LogP contribution in [0.1, 0.15) is 18.2 Å². The summed E-state index contributed by atoms with van der Waals surface area (Å²) in [4.78, 5) is 16.6. The van der Waals surface area contributed by atoms with E-state index >= 15 is 0 Å². The van der Waals surface area contributed by atoms with Gasteiger partial charge in [0.2, 0.25) is 15.9 Å². The number of nitrogens with one attached hydrogen (secondary N) is 1. The fourth-order valence-electron chi connectivity index (χ4n) is 2.64. The Morgan fingerprint density at radius 1 is 1.40 bits per heavy atom. The Morgan fingerprint density at radius 3 is 2.80 bits per heavy atom. The first-order valence-electron chi connectivity index (χ1n) is 6.28. The maximum absolute atomic E-state index is 11.5. The van der Waals surface area contributed by atoms with Crippen molar-refractivity contribution < 1.29 is 13.2 Å². The summed E-state index contributed by atoms with van der Waals surface area (Å²) in [6, 6.07) is 4.78. The number of nitrogens with zero attached hydrogens (tertiary/aromatic N) is 1. The van der Waals surface area contributed by atoms with E-state index in [1.165, 1.54) is 13.0 Å². The third kappa shape index (κ3) is 2.08. The van der Waals surface area contributed by atoms with Crippen molar-refractivity contribution in [2.45, 2.75) is 24.8 Å². The standard InChI is InChI=1S/C13H15N3O3S/c1-8(17)16-5-4-13-11(7-16)10-6-9(20(14,18)19)2-3-12(10)15-13/h2-3,6,15H,4-5,7H2,1H3,(H2,14,18,19). The second-order valence-corrected chi connectivity index (χ2v) is 6.59. The molecule has 0 saturated heterocycles. The van der Waals surface area contributed by atoms with Gasteiger partial charge in [-0.2, -0.15) is 0 Å². The Morgan fingerprint density at radius 2 is 2.15 bits per heavy atom. The van der Waals surface area contributed by atoms with Crippen LogP contribution in [0.15, 0.2) is 23.1 Å². The largest absolute Gasteiger partial charge is 0.358 e. The predicted octanol–water partition coefficient (Wildman–Crippen LogP) is 0.720. The molecule has 0 spiro atoms. The minimum absolute atomic E-state index is 0.0209. The van der Waals surface area contributed by atoms with Crippen LogP contribution in [0.3, 0.4) is 0 Å². The van der Waals surface area contributed by atoms with Gasteiger partial charge in [-0.15, -0.1) is 0 Å². The lowest BCUT2D eigenvalue weighted by Gasteiger charge is -2.26. The Hall–Kier alpha value is -1.86. The zero-order valence-corrected chi connectivity index (χ0v) is 11.8. The van der Waals surface area contributed by atoms with Crippen LogP contribution in [0.5, 0.6) is 0 Å². The number of nitrogens with two attached hydrogens (primary N) is 1. The van der Waals surface area contributed by atoms with Crippen molar-refractivity contribution in [1.29, 1.82) is 0 Å². The highest BCUT2D eigenvalue weighted by molar-refractivity contribution is 7.89. The lowest BCUT2D eigenvalue weighted by atomic mass is 10.0. The second kappa shape index (κ2) is 4.32. The van der Waals surface area contributed by atoms with Crippen molar-refractivity contribution in [3.05, 3.63) is 29.5 Å². The molecule has 0 atom stereocenters. The summed E-state index contributed by atoms with van der Waals surface area (Å²) < 4.78 is 22.9. The summed E-state index contributed by atoms with van der Waals surface area (Å²) >= 11 is 0. The third-order valence-electron chi connectivity index (χ3n) is 3.72. The number of sulfonamides is 1. The molecule has 1 aromatic heterocycles. The minimum atomic E-state index is -3.72. The predicted molar refractivity (Wildman–Crippen MR) is 74.5 cm³/mol. The van der Waals surface area contributed by atoms with Gasteiger partial charge >= 0.3 is 0 Å². The SMILES string of the molecule is CC(=O)N1CCc2[nH]c3ccc(S(N)(=O)=O)cc3c2C1. The Balaban J connectivity index is 2.16. The molecule has 20 heavy (non-hydrogen) atoms. The second-order valence-electron chi connectivity index (χ2n) is 5.03. The van der Waals surface area contributed by atoms with E-state index in [2.05, 4.69) is 4.98 Å². The number of fused-ring (bicyclic) bond motifs is 3. The molecule has 1 aromatic carbocycles. The summed E-state index contributed by atoms with van der Waals surface area (Å²) in [6.45, 7) is 2.71. The highest BCUT2D eigenvalue weighted by Gasteiger charge is 2.22. The van der Waals surface area contributed by atoms with Crippen molar-refractivity contribution in [2.75, 3.05) is 6.54 Å². The van der Waals surface area contributed by atoms with Gasteiger partial charge in [0.05, 0.1) is 4.90 Å². The number of aromatic nitrogens is 1. The average molecular weight is 293 g/mol. The van der Waals surface area contributed by atoms with E-state index in [1.807, 2.05) is 0 Å². The zero-order valence-electron chi connectivity index (χ0n) is 11.0. The number of aromatic amines is 1. The summed E-state index contributed by atoms with van der Waals surface area (Å²) in [6.07, 6.45) is 0.744. The van der Waals surface area contributed by atoms with E-state index in [-0.39, 0.29) is 10.8 Å². The first-order valence-corrected chi connectivity index (χ1v) is 7.82. The van der Waals surface area contributed by atoms with Crippen LogP contribution < -0.4 is 5.14 Å². The van der Waals surface area contributed by atoms with Gasteiger partial charge < -0.3 is 9.88 Å². The van der Waals surface area contributed by atoms with Crippen LogP contribution in [0.4, 0.5) is 0 Å². The number of amides is 1. The number of benzene rings is 1. The molecule has 0 radical (unpaired) electrons. The van der Waals surface area contributed by atoms with Crippen molar-refractivity contribution >= 4 is 26.8 Å². The number of rotatable bonds is 1. The highest BCUT2D eigenvalue weighted by Crippen LogP contribution is 2.29. The van der Waals surface area contributed by atoms with Crippen LogP contribution in [0.25, 0.3) is 10.9 Å². The monoisotopic (exact) mass is 293 g/mol. The molecule has 3 rings (SSSR count). The molecule has 2 aromatic rings. The van der Waals surface area contributed by atoms with E-state index in [4.69, 9.17) is 5.14 Å². The lowest BCUT2D eigenvalue weighted by Crippen LogP contribution is -2.33. The maximum atomic E-state index is 11.5. The van der Waals surface area contributed by atoms with Crippen molar-refractivity contribution in [2.24, 2.45) is 5.14 Å². The molecular formula is C13H15N3O3S. The van der Waals surface area contributed by atoms with Crippen LogP contribution in [0, 0.1) is 0 Å². The molecule has 0 unspecified atom stereocenters. The number of carbonyl (C=O) groups is 1. The van der Waals surface area contributed by atoms with Crippen molar-refractivity contribution in [3.63, 3.8) is 0 Å². The molecule has 0 aliphatic carbocycles. The molecular weight excluding hydrogens is 278 g/mol. The Labute approximate surface area is 116 Å². The van der Waals surface area contributed by atoms with E-state index in [9.17, 15) is 13.2 Å². The normalized spacial score (nSPS) is 15.4. The molecule has 0 bridgehead atoms. The number of carbonyl (C=O) groups excluding carboxylic acids is 1. The third-order valence-corrected chi connectivity index (χ3v) is 4.63. The van der Waals surface area contributed by atoms with Crippen molar-refractivity contribution in [1.82, 2.24) is 9.88 Å². The summed E-state index contributed by atoms with van der Waals surface area (Å²) in [5.74, 6) is 0.0209. The van der Waals surface area contributed by atoms with E-state index in [0.717, 1.165) is 28.6 Å². The summed E-state index contributed by atoms with van der Waals surface area (Å²) in [7, 11) is -3.72. The maximum Gasteiger partial charge on any atom is 0.238 e. The fraction of sp³-hybridized carbons (Fsp3) is 0.308. The summed E-state index contributed by atoms with van der Waals surface area (Å²) in [5.41, 5.74) is 2.91. The molecule has 0 fully saturated rings. The van der Waals surface area contributed by atoms with Crippen LogP contribution in [0.2, 0.25) is 0 Å². The van der Waals surface area contributed by atoms with Crippen molar-refractivity contribution in [3.8, 4) is 0 Å². The van der Waals surface area contributed by atoms with Gasteiger partial charge in [0.15, 0.2) is 0 Å². The number of H-pyrrole nitrogens is 1. The van der Waals surface area contributed by atoms with Gasteiger partial charge in [-0.05, 0) is 18.2 Å². The van der Waals surface area contributed by atoms with Gasteiger partial charge in [-0.25, -0.2) is 13.6 Å². The fourth-order valence-corrected chi connectivity index (χ4v) is 3.18. The number of hydrogen-bond acceptors (Lipinski definition) is 3. The first-order chi connectivity index (χ1) is 9.36. The van der Waals surface area contributed by atoms with Crippen LogP contribution >= 0.6 is 0 Å². The molecule has 7 heteroatoms. The van der Waals surface area contributed by atoms with E-state index in [0.29, 0.717) is 13.1 Å². The first kappa shape index (κ1) is 13.1. The zero-order chi connectivity index (χ0) is 14.5. The van der Waals surface area contributed by atoms with E-state index in [1.54, 1.807) is 17.0 Å². The number of hydrogen-bond donors (Lipinski definition) is 2. The molecule has 1 aliphatic rings. The molecule has 1 amide bonds. The molecule has 6 nitrogen and oxygen atoms in total. The van der Waals surface area contributed by atoms with Crippen LogP contribution in [-0.2, 0) is 27.8 Å². The van der Waals surface area contributed by atoms with E-state index < -0.39 is 10.0 Å². The van der Waals surface area contributed by atoms with Gasteiger partial charge in [0.25, 0.3) is 0 Å². The van der Waals surface area contributed by atoms with Gasteiger partial charge in [0, 0.05) is 48.6 Å². The summed E-state index contributed by atoms with van der Waals surface area (Å²) in [5, 5.41) is 5.98. The average Bonchev–Trinajstić information content (AvgIpc) is 2.74.